The average molecular weight is 194 g/mol. The van der Waals surface area contributed by atoms with Crippen molar-refractivity contribution in [3.63, 3.8) is 0 Å². The first-order chi connectivity index (χ1) is 6.10. The van der Waals surface area contributed by atoms with Gasteiger partial charge in [-0.15, -0.1) is 0 Å². The maximum absolute atomic E-state index is 11.7. The van der Waals surface area contributed by atoms with Crippen LogP contribution >= 0.6 is 0 Å². The van der Waals surface area contributed by atoms with Crippen LogP contribution in [0.1, 0.15) is 12.8 Å². The molecule has 0 radical (unpaired) electrons. The standard InChI is InChI=1S/C9H11BO2S/c10-7-2-1-3-9(6-7)13(11,12)8-4-5-8/h1-3,6,8H,4-5,10H2. The number of rotatable bonds is 2. The van der Waals surface area contributed by atoms with Crippen LogP contribution in [0.15, 0.2) is 29.2 Å². The summed E-state index contributed by atoms with van der Waals surface area (Å²) >= 11 is 0. The van der Waals surface area contributed by atoms with Crippen molar-refractivity contribution in [3.05, 3.63) is 24.3 Å². The van der Waals surface area contributed by atoms with E-state index in [0.717, 1.165) is 18.3 Å². The van der Waals surface area contributed by atoms with Crippen LogP contribution in [0.25, 0.3) is 0 Å². The lowest BCUT2D eigenvalue weighted by molar-refractivity contribution is 0.595. The molecule has 1 aromatic carbocycles. The molecule has 0 N–H and O–H groups in total. The molecule has 1 aromatic rings. The molecule has 4 heteroatoms. The summed E-state index contributed by atoms with van der Waals surface area (Å²) in [5.74, 6) is 0. The molecule has 0 unspecified atom stereocenters. The van der Waals surface area contributed by atoms with Crippen molar-refractivity contribution < 1.29 is 8.42 Å². The van der Waals surface area contributed by atoms with Crippen molar-refractivity contribution in [2.75, 3.05) is 0 Å². The Morgan fingerprint density at radius 2 is 2.00 bits per heavy atom. The smallest absolute Gasteiger partial charge is 0.181 e. The topological polar surface area (TPSA) is 34.1 Å². The van der Waals surface area contributed by atoms with E-state index in [-0.39, 0.29) is 5.25 Å². The monoisotopic (exact) mass is 194 g/mol. The Morgan fingerprint density at radius 1 is 1.31 bits per heavy atom. The number of hydrogen-bond donors (Lipinski definition) is 0. The van der Waals surface area contributed by atoms with Crippen molar-refractivity contribution >= 4 is 23.1 Å². The lowest BCUT2D eigenvalue weighted by Gasteiger charge is -2.02. The minimum Gasteiger partial charge on any atom is -0.223 e. The summed E-state index contributed by atoms with van der Waals surface area (Å²) in [5, 5.41) is -0.103. The molecule has 2 nitrogen and oxygen atoms in total. The molecule has 0 amide bonds. The highest BCUT2D eigenvalue weighted by Crippen LogP contribution is 2.32. The molecule has 0 heterocycles. The van der Waals surface area contributed by atoms with Crippen molar-refractivity contribution in [2.45, 2.75) is 23.0 Å². The molecular weight excluding hydrogens is 183 g/mol. The summed E-state index contributed by atoms with van der Waals surface area (Å²) < 4.78 is 23.5. The molecule has 0 spiro atoms. The molecule has 1 aliphatic carbocycles. The van der Waals surface area contributed by atoms with E-state index in [9.17, 15) is 8.42 Å². The van der Waals surface area contributed by atoms with Gasteiger partial charge in [-0.25, -0.2) is 8.42 Å². The van der Waals surface area contributed by atoms with Gasteiger partial charge in [0.1, 0.15) is 7.85 Å². The van der Waals surface area contributed by atoms with Gasteiger partial charge in [-0.05, 0) is 25.0 Å². The fourth-order valence-electron chi connectivity index (χ4n) is 1.36. The van der Waals surface area contributed by atoms with Crippen LogP contribution in [0.4, 0.5) is 0 Å². The maximum atomic E-state index is 11.7. The molecule has 0 aliphatic heterocycles. The molecule has 1 fully saturated rings. The Hall–Kier alpha value is -0.765. The zero-order valence-corrected chi connectivity index (χ0v) is 8.34. The molecule has 68 valence electrons. The minimum absolute atomic E-state index is 0.103. The van der Waals surface area contributed by atoms with Crippen LogP contribution < -0.4 is 5.46 Å². The van der Waals surface area contributed by atoms with Crippen LogP contribution in [-0.4, -0.2) is 21.5 Å². The fourth-order valence-corrected chi connectivity index (χ4v) is 3.12. The highest BCUT2D eigenvalue weighted by Gasteiger charge is 2.36. The van der Waals surface area contributed by atoms with Gasteiger partial charge in [-0.1, -0.05) is 17.6 Å². The molecule has 1 saturated carbocycles. The predicted molar refractivity (Wildman–Crippen MR) is 54.8 cm³/mol. The molecule has 0 atom stereocenters. The van der Waals surface area contributed by atoms with E-state index >= 15 is 0 Å². The summed E-state index contributed by atoms with van der Waals surface area (Å²) in [6, 6.07) is 7.13. The largest absolute Gasteiger partial charge is 0.223 e. The first-order valence-electron chi connectivity index (χ1n) is 4.41. The second-order valence-electron chi connectivity index (χ2n) is 3.56. The third-order valence-electron chi connectivity index (χ3n) is 2.28. The molecule has 1 aliphatic rings. The highest BCUT2D eigenvalue weighted by atomic mass is 32.2. The summed E-state index contributed by atoms with van der Waals surface area (Å²) in [6.07, 6.45) is 1.66. The maximum Gasteiger partial charge on any atom is 0.181 e. The zero-order chi connectivity index (χ0) is 9.47. The van der Waals surface area contributed by atoms with Gasteiger partial charge < -0.3 is 0 Å². The summed E-state index contributed by atoms with van der Waals surface area (Å²) in [4.78, 5) is 0.481. The fraction of sp³-hybridized carbons (Fsp3) is 0.333. The van der Waals surface area contributed by atoms with Gasteiger partial charge >= 0.3 is 0 Å². The van der Waals surface area contributed by atoms with Gasteiger partial charge in [0.2, 0.25) is 0 Å². The van der Waals surface area contributed by atoms with Crippen LogP contribution in [0.3, 0.4) is 0 Å². The van der Waals surface area contributed by atoms with Crippen molar-refractivity contribution in [3.8, 4) is 0 Å². The van der Waals surface area contributed by atoms with Crippen LogP contribution in [0, 0.1) is 0 Å². The summed E-state index contributed by atoms with van der Waals surface area (Å²) in [6.45, 7) is 0. The Labute approximate surface area is 79.3 Å². The van der Waals surface area contributed by atoms with Crippen LogP contribution in [-0.2, 0) is 9.84 Å². The molecule has 2 rings (SSSR count). The molecule has 13 heavy (non-hydrogen) atoms. The Bertz CT molecular complexity index is 421. The van der Waals surface area contributed by atoms with Gasteiger partial charge in [-0.3, -0.25) is 0 Å². The number of benzene rings is 1. The predicted octanol–water partition coefficient (Wildman–Crippen LogP) is -0.119. The minimum atomic E-state index is -2.99. The second kappa shape index (κ2) is 2.87. The van der Waals surface area contributed by atoms with Gasteiger partial charge in [0, 0.05) is 0 Å². The van der Waals surface area contributed by atoms with E-state index in [2.05, 4.69) is 0 Å². The normalized spacial score (nSPS) is 17.2. The molecule has 0 bridgehead atoms. The SMILES string of the molecule is Bc1cccc(S(=O)(=O)C2CC2)c1. The van der Waals surface area contributed by atoms with Gasteiger partial charge in [-0.2, -0.15) is 0 Å². The lowest BCUT2D eigenvalue weighted by Crippen LogP contribution is -2.11. The average Bonchev–Trinajstić information content (AvgIpc) is 2.86. The Kier molecular flexibility index (Phi) is 1.95. The number of hydrogen-bond acceptors (Lipinski definition) is 2. The van der Waals surface area contributed by atoms with Crippen molar-refractivity contribution in [1.82, 2.24) is 0 Å². The lowest BCUT2D eigenvalue weighted by atomic mass is 9.97. The zero-order valence-electron chi connectivity index (χ0n) is 7.53. The van der Waals surface area contributed by atoms with Gasteiger partial charge in [0.15, 0.2) is 9.84 Å². The van der Waals surface area contributed by atoms with Gasteiger partial charge in [0.05, 0.1) is 10.1 Å². The van der Waals surface area contributed by atoms with E-state index in [1.54, 1.807) is 18.2 Å². The van der Waals surface area contributed by atoms with E-state index in [1.165, 1.54) is 0 Å². The summed E-state index contributed by atoms with van der Waals surface area (Å²) in [7, 11) is -1.08. The van der Waals surface area contributed by atoms with Crippen molar-refractivity contribution in [1.29, 1.82) is 0 Å². The first kappa shape index (κ1) is 8.82. The summed E-state index contributed by atoms with van der Waals surface area (Å²) in [5.41, 5.74) is 1.00. The third-order valence-corrected chi connectivity index (χ3v) is 4.54. The highest BCUT2D eigenvalue weighted by molar-refractivity contribution is 7.92. The van der Waals surface area contributed by atoms with Crippen molar-refractivity contribution in [2.24, 2.45) is 0 Å². The molecule has 0 aromatic heterocycles. The third kappa shape index (κ3) is 1.63. The quantitative estimate of drug-likeness (QED) is 0.615. The Balaban J connectivity index is 2.45. The van der Waals surface area contributed by atoms with E-state index in [4.69, 9.17) is 0 Å². The Morgan fingerprint density at radius 3 is 2.54 bits per heavy atom. The van der Waals surface area contributed by atoms with E-state index in [1.807, 2.05) is 13.9 Å². The molecular formula is C9H11BO2S. The van der Waals surface area contributed by atoms with E-state index in [0.29, 0.717) is 4.90 Å². The first-order valence-corrected chi connectivity index (χ1v) is 5.96. The van der Waals surface area contributed by atoms with Crippen LogP contribution in [0.2, 0.25) is 0 Å². The van der Waals surface area contributed by atoms with Crippen LogP contribution in [0.5, 0.6) is 0 Å². The van der Waals surface area contributed by atoms with E-state index < -0.39 is 9.84 Å². The second-order valence-corrected chi connectivity index (χ2v) is 5.79. The number of sulfone groups is 1. The molecule has 0 saturated heterocycles. The van der Waals surface area contributed by atoms with Gasteiger partial charge in [0.25, 0.3) is 0 Å².